The number of halogens is 1. The summed E-state index contributed by atoms with van der Waals surface area (Å²) in [5.41, 5.74) is 4.71. The van der Waals surface area contributed by atoms with Gasteiger partial charge in [-0.2, -0.15) is 0 Å². The summed E-state index contributed by atoms with van der Waals surface area (Å²) < 4.78 is 11.4. The van der Waals surface area contributed by atoms with Crippen LogP contribution in [-0.4, -0.2) is 49.4 Å². The molecule has 1 aliphatic carbocycles. The van der Waals surface area contributed by atoms with Crippen molar-refractivity contribution in [3.8, 4) is 11.1 Å². The predicted octanol–water partition coefficient (Wildman–Crippen LogP) is 4.64. The molecule has 0 aliphatic heterocycles. The van der Waals surface area contributed by atoms with E-state index in [1.54, 1.807) is 6.07 Å². The van der Waals surface area contributed by atoms with Gasteiger partial charge in [0, 0.05) is 16.9 Å². The average Bonchev–Trinajstić information content (AvgIpc) is 3.16. The molecule has 0 saturated heterocycles. The number of hydrogen-bond acceptors (Lipinski definition) is 5. The lowest BCUT2D eigenvalue weighted by molar-refractivity contribution is -0.120. The number of carbonyl (C=O) groups is 3. The smallest absolute Gasteiger partial charge is 0.407 e. The molecular weight excluding hydrogens is 516 g/mol. The molecule has 1 aliphatic rings. The number of anilines is 1. The Labute approximate surface area is 210 Å². The number of alkyl carbamates (subject to hydrolysis) is 1. The van der Waals surface area contributed by atoms with Crippen LogP contribution in [-0.2, 0) is 14.3 Å². The van der Waals surface area contributed by atoms with Gasteiger partial charge in [0.25, 0.3) is 0 Å². The normalized spacial score (nSPS) is 11.9. The van der Waals surface area contributed by atoms with Gasteiger partial charge >= 0.3 is 12.1 Å². The molecule has 3 aromatic carbocycles. The molecule has 0 spiro atoms. The average molecular weight is 539 g/mol. The van der Waals surface area contributed by atoms with Crippen molar-refractivity contribution in [2.75, 3.05) is 31.7 Å². The van der Waals surface area contributed by atoms with E-state index in [1.165, 1.54) is 12.1 Å². The number of nitrogens with one attached hydrogen (secondary N) is 2. The first-order valence-electron chi connectivity index (χ1n) is 10.9. The van der Waals surface area contributed by atoms with Crippen molar-refractivity contribution in [3.05, 3.63) is 87.9 Å². The van der Waals surface area contributed by atoms with Gasteiger partial charge in [0.15, 0.2) is 0 Å². The van der Waals surface area contributed by atoms with Gasteiger partial charge in [0.05, 0.1) is 17.9 Å². The van der Waals surface area contributed by atoms with Gasteiger partial charge < -0.3 is 25.2 Å². The van der Waals surface area contributed by atoms with E-state index in [1.807, 2.05) is 36.4 Å². The van der Waals surface area contributed by atoms with Crippen molar-refractivity contribution >= 4 is 39.6 Å². The summed E-state index contributed by atoms with van der Waals surface area (Å²) in [7, 11) is 0. The molecule has 0 bridgehead atoms. The van der Waals surface area contributed by atoms with E-state index in [2.05, 4.69) is 38.7 Å². The highest BCUT2D eigenvalue weighted by Crippen LogP contribution is 2.44. The third kappa shape index (κ3) is 5.87. The Kier molecular flexibility index (Phi) is 7.79. The Morgan fingerprint density at radius 1 is 0.943 bits per heavy atom. The number of carboxylic acid groups (broad SMARTS) is 1. The van der Waals surface area contributed by atoms with Crippen LogP contribution in [0.5, 0.6) is 0 Å². The molecule has 0 atom stereocenters. The van der Waals surface area contributed by atoms with E-state index >= 15 is 0 Å². The van der Waals surface area contributed by atoms with Crippen LogP contribution in [0.15, 0.2) is 71.2 Å². The molecule has 0 fully saturated rings. The molecule has 180 valence electrons. The summed E-state index contributed by atoms with van der Waals surface area (Å²) in [6.07, 6.45) is -0.569. The number of rotatable bonds is 9. The molecule has 0 aromatic heterocycles. The van der Waals surface area contributed by atoms with Crippen LogP contribution in [0.25, 0.3) is 11.1 Å². The molecule has 8 nitrogen and oxygen atoms in total. The zero-order valence-corrected chi connectivity index (χ0v) is 20.2. The molecular formula is C26H23BrN2O6. The number of benzene rings is 3. The molecule has 3 N–H and O–H groups in total. The Bertz CT molecular complexity index is 1220. The standard InChI is InChI=1S/C26H23BrN2O6/c27-16-9-10-21(25(31)32)23(13-16)29-24(30)15-34-12-11-28-26(33)35-14-22-19-7-3-1-5-17(19)18-6-2-4-8-20(18)22/h1-10,13,22H,11-12,14-15H2,(H,28,33)(H,29,30)(H,31,32). The van der Waals surface area contributed by atoms with Crippen molar-refractivity contribution in [2.45, 2.75) is 5.92 Å². The van der Waals surface area contributed by atoms with Gasteiger partial charge in [-0.1, -0.05) is 64.5 Å². The first-order valence-corrected chi connectivity index (χ1v) is 11.7. The minimum absolute atomic E-state index is 0.0261. The highest BCUT2D eigenvalue weighted by atomic mass is 79.9. The Morgan fingerprint density at radius 3 is 2.26 bits per heavy atom. The lowest BCUT2D eigenvalue weighted by Gasteiger charge is -2.14. The maximum absolute atomic E-state index is 12.2. The van der Waals surface area contributed by atoms with Crippen LogP contribution in [0.1, 0.15) is 27.4 Å². The van der Waals surface area contributed by atoms with Gasteiger partial charge in [0.2, 0.25) is 5.91 Å². The molecule has 4 rings (SSSR count). The monoisotopic (exact) mass is 538 g/mol. The van der Waals surface area contributed by atoms with Gasteiger partial charge in [-0.05, 0) is 40.5 Å². The Hall–Kier alpha value is -3.69. The summed E-state index contributed by atoms with van der Waals surface area (Å²) in [6, 6.07) is 20.6. The third-order valence-corrected chi connectivity index (χ3v) is 6.07. The molecule has 0 heterocycles. The number of aromatic carboxylic acids is 1. The second-order valence-electron chi connectivity index (χ2n) is 7.85. The number of carboxylic acids is 1. The number of carbonyl (C=O) groups excluding carboxylic acids is 2. The van der Waals surface area contributed by atoms with Gasteiger partial charge in [0.1, 0.15) is 13.2 Å². The van der Waals surface area contributed by atoms with Crippen LogP contribution in [0, 0.1) is 0 Å². The van der Waals surface area contributed by atoms with E-state index in [0.717, 1.165) is 22.3 Å². The fraction of sp³-hybridized carbons (Fsp3) is 0.192. The maximum Gasteiger partial charge on any atom is 0.407 e. The fourth-order valence-corrected chi connectivity index (χ4v) is 4.39. The summed E-state index contributed by atoms with van der Waals surface area (Å²) in [4.78, 5) is 35.5. The van der Waals surface area contributed by atoms with E-state index in [9.17, 15) is 19.5 Å². The number of amides is 2. The Balaban J connectivity index is 1.19. The van der Waals surface area contributed by atoms with Gasteiger partial charge in [-0.3, -0.25) is 4.79 Å². The van der Waals surface area contributed by atoms with Crippen molar-refractivity contribution in [2.24, 2.45) is 0 Å². The quantitative estimate of drug-likeness (QED) is 0.342. The largest absolute Gasteiger partial charge is 0.478 e. The first-order chi connectivity index (χ1) is 16.9. The maximum atomic E-state index is 12.2. The van der Waals surface area contributed by atoms with Crippen LogP contribution in [0.2, 0.25) is 0 Å². The molecule has 0 saturated carbocycles. The van der Waals surface area contributed by atoms with E-state index in [0.29, 0.717) is 4.47 Å². The lowest BCUT2D eigenvalue weighted by atomic mass is 9.98. The summed E-state index contributed by atoms with van der Waals surface area (Å²) in [5, 5.41) is 14.3. The van der Waals surface area contributed by atoms with Crippen molar-refractivity contribution in [1.82, 2.24) is 5.32 Å². The molecule has 0 radical (unpaired) electrons. The fourth-order valence-electron chi connectivity index (χ4n) is 4.03. The minimum atomic E-state index is -1.15. The van der Waals surface area contributed by atoms with Crippen LogP contribution >= 0.6 is 15.9 Å². The number of hydrogen-bond donors (Lipinski definition) is 3. The summed E-state index contributed by atoms with van der Waals surface area (Å²) >= 11 is 3.24. The van der Waals surface area contributed by atoms with Gasteiger partial charge in [-0.25, -0.2) is 9.59 Å². The highest BCUT2D eigenvalue weighted by molar-refractivity contribution is 9.10. The molecule has 3 aromatic rings. The number of fused-ring (bicyclic) bond motifs is 3. The summed E-state index contributed by atoms with van der Waals surface area (Å²) in [6.45, 7) is 0.155. The van der Waals surface area contributed by atoms with E-state index < -0.39 is 18.0 Å². The van der Waals surface area contributed by atoms with E-state index in [4.69, 9.17) is 9.47 Å². The SMILES string of the molecule is O=C(COCCNC(=O)OCC1c2ccccc2-c2ccccc21)Nc1cc(Br)ccc1C(=O)O. The molecule has 9 heteroatoms. The lowest BCUT2D eigenvalue weighted by Crippen LogP contribution is -2.30. The Morgan fingerprint density at radius 2 is 1.60 bits per heavy atom. The van der Waals surface area contributed by atoms with Crippen molar-refractivity contribution in [3.63, 3.8) is 0 Å². The van der Waals surface area contributed by atoms with Crippen LogP contribution < -0.4 is 10.6 Å². The zero-order valence-electron chi connectivity index (χ0n) is 18.6. The van der Waals surface area contributed by atoms with Crippen molar-refractivity contribution in [1.29, 1.82) is 0 Å². The topological polar surface area (TPSA) is 114 Å². The first kappa shape index (κ1) is 24.4. The minimum Gasteiger partial charge on any atom is -0.478 e. The van der Waals surface area contributed by atoms with Crippen LogP contribution in [0.3, 0.4) is 0 Å². The van der Waals surface area contributed by atoms with Crippen molar-refractivity contribution < 1.29 is 29.0 Å². The molecule has 2 amide bonds. The highest BCUT2D eigenvalue weighted by Gasteiger charge is 2.28. The summed E-state index contributed by atoms with van der Waals surface area (Å²) in [5.74, 6) is -1.69. The second kappa shape index (κ2) is 11.2. The molecule has 0 unspecified atom stereocenters. The predicted molar refractivity (Wildman–Crippen MR) is 134 cm³/mol. The third-order valence-electron chi connectivity index (χ3n) is 5.58. The van der Waals surface area contributed by atoms with Gasteiger partial charge in [-0.15, -0.1) is 0 Å². The molecule has 35 heavy (non-hydrogen) atoms. The zero-order chi connectivity index (χ0) is 24.8. The second-order valence-corrected chi connectivity index (χ2v) is 8.76. The van der Waals surface area contributed by atoms with Crippen LogP contribution in [0.4, 0.5) is 10.5 Å². The number of ether oxygens (including phenoxy) is 2. The van der Waals surface area contributed by atoms with E-state index in [-0.39, 0.29) is 43.5 Å².